The zero-order chi connectivity index (χ0) is 16.9. The Morgan fingerprint density at radius 3 is 2.33 bits per heavy atom. The third-order valence-corrected chi connectivity index (χ3v) is 4.71. The van der Waals surface area contributed by atoms with Crippen LogP contribution in [0.3, 0.4) is 0 Å². The molecular weight excluding hydrogens is 327 g/mol. The van der Waals surface area contributed by atoms with E-state index in [9.17, 15) is 9.18 Å². The van der Waals surface area contributed by atoms with Gasteiger partial charge in [-0.25, -0.2) is 4.39 Å². The molecule has 3 nitrogen and oxygen atoms in total. The Morgan fingerprint density at radius 2 is 1.67 bits per heavy atom. The third-order valence-electron chi connectivity index (χ3n) is 4.35. The smallest absolute Gasteiger partial charge is 0.227 e. The molecule has 0 atom stereocenters. The third kappa shape index (κ3) is 4.34. The molecule has 2 aromatic rings. The van der Waals surface area contributed by atoms with Crippen LogP contribution in [0.5, 0.6) is 0 Å². The fourth-order valence-electron chi connectivity index (χ4n) is 2.91. The van der Waals surface area contributed by atoms with E-state index in [0.717, 1.165) is 35.8 Å². The van der Waals surface area contributed by atoms with Gasteiger partial charge in [-0.15, -0.1) is 0 Å². The number of halogens is 2. The number of piperazine rings is 1. The maximum Gasteiger partial charge on any atom is 0.227 e. The summed E-state index contributed by atoms with van der Waals surface area (Å²) in [5.74, 6) is -0.182. The summed E-state index contributed by atoms with van der Waals surface area (Å²) in [6, 6.07) is 14.0. The molecule has 0 radical (unpaired) electrons. The van der Waals surface area contributed by atoms with Crippen LogP contribution < -0.4 is 0 Å². The van der Waals surface area contributed by atoms with E-state index in [-0.39, 0.29) is 11.7 Å². The Morgan fingerprint density at radius 1 is 1.00 bits per heavy atom. The number of nitrogens with zero attached hydrogens (tertiary/aromatic N) is 2. The van der Waals surface area contributed by atoms with Crippen LogP contribution in [0.2, 0.25) is 5.02 Å². The minimum absolute atomic E-state index is 0.0963. The molecule has 0 spiro atoms. The molecular formula is C19H20ClFN2O. The lowest BCUT2D eigenvalue weighted by Crippen LogP contribution is -2.48. The first kappa shape index (κ1) is 16.9. The van der Waals surface area contributed by atoms with Crippen LogP contribution >= 0.6 is 11.6 Å². The van der Waals surface area contributed by atoms with Gasteiger partial charge < -0.3 is 4.90 Å². The second-order valence-corrected chi connectivity index (χ2v) is 6.46. The van der Waals surface area contributed by atoms with Gasteiger partial charge in [-0.3, -0.25) is 9.69 Å². The molecule has 1 aliphatic heterocycles. The molecule has 24 heavy (non-hydrogen) atoms. The van der Waals surface area contributed by atoms with Crippen molar-refractivity contribution in [1.29, 1.82) is 0 Å². The van der Waals surface area contributed by atoms with Crippen molar-refractivity contribution in [2.24, 2.45) is 0 Å². The number of rotatable bonds is 4. The molecule has 0 aromatic heterocycles. The molecule has 1 saturated heterocycles. The van der Waals surface area contributed by atoms with Crippen molar-refractivity contribution in [3.05, 3.63) is 70.5 Å². The second kappa shape index (κ2) is 7.77. The lowest BCUT2D eigenvalue weighted by molar-refractivity contribution is -0.132. The highest BCUT2D eigenvalue weighted by atomic mass is 35.5. The average molecular weight is 347 g/mol. The molecule has 0 saturated carbocycles. The van der Waals surface area contributed by atoms with Gasteiger partial charge in [0.1, 0.15) is 5.82 Å². The molecule has 0 unspecified atom stereocenters. The van der Waals surface area contributed by atoms with Gasteiger partial charge in [0.25, 0.3) is 0 Å². The zero-order valence-corrected chi connectivity index (χ0v) is 14.2. The topological polar surface area (TPSA) is 23.6 Å². The van der Waals surface area contributed by atoms with Gasteiger partial charge in [-0.1, -0.05) is 41.9 Å². The van der Waals surface area contributed by atoms with Crippen molar-refractivity contribution in [3.63, 3.8) is 0 Å². The van der Waals surface area contributed by atoms with Crippen molar-refractivity contribution >= 4 is 17.5 Å². The minimum Gasteiger partial charge on any atom is -0.340 e. The normalized spacial score (nSPS) is 15.5. The maximum atomic E-state index is 12.9. The van der Waals surface area contributed by atoms with E-state index in [1.807, 2.05) is 29.2 Å². The average Bonchev–Trinajstić information content (AvgIpc) is 2.59. The van der Waals surface area contributed by atoms with E-state index < -0.39 is 0 Å². The van der Waals surface area contributed by atoms with Gasteiger partial charge in [0.2, 0.25) is 5.91 Å². The molecule has 0 N–H and O–H groups in total. The van der Waals surface area contributed by atoms with Crippen molar-refractivity contribution in [1.82, 2.24) is 9.80 Å². The Bertz CT molecular complexity index is 697. The molecule has 5 heteroatoms. The maximum absolute atomic E-state index is 12.9. The summed E-state index contributed by atoms with van der Waals surface area (Å²) < 4.78 is 12.9. The van der Waals surface area contributed by atoms with Crippen LogP contribution in [0.1, 0.15) is 11.1 Å². The molecule has 1 amide bonds. The standard InChI is InChI=1S/C19H20ClFN2O/c20-18-4-2-1-3-16(18)14-22-9-11-23(12-10-22)19(24)13-15-5-7-17(21)8-6-15/h1-8H,9-14H2. The number of hydrogen-bond acceptors (Lipinski definition) is 2. The molecule has 3 rings (SSSR count). The zero-order valence-electron chi connectivity index (χ0n) is 13.4. The summed E-state index contributed by atoms with van der Waals surface area (Å²) in [6.45, 7) is 3.90. The van der Waals surface area contributed by atoms with Crippen LogP contribution in [-0.4, -0.2) is 41.9 Å². The van der Waals surface area contributed by atoms with Crippen molar-refractivity contribution in [2.75, 3.05) is 26.2 Å². The molecule has 1 fully saturated rings. The Balaban J connectivity index is 1.50. The second-order valence-electron chi connectivity index (χ2n) is 6.05. The fraction of sp³-hybridized carbons (Fsp3) is 0.316. The Labute approximate surface area is 146 Å². The summed E-state index contributed by atoms with van der Waals surface area (Å²) in [6.07, 6.45) is 0.324. The number of hydrogen-bond donors (Lipinski definition) is 0. The summed E-state index contributed by atoms with van der Waals surface area (Å²) >= 11 is 6.21. The van der Waals surface area contributed by atoms with Gasteiger partial charge >= 0.3 is 0 Å². The lowest BCUT2D eigenvalue weighted by atomic mass is 10.1. The summed E-state index contributed by atoms with van der Waals surface area (Å²) in [5, 5.41) is 0.785. The summed E-state index contributed by atoms with van der Waals surface area (Å²) in [4.78, 5) is 16.6. The highest BCUT2D eigenvalue weighted by molar-refractivity contribution is 6.31. The van der Waals surface area contributed by atoms with Gasteiger partial charge in [-0.05, 0) is 29.3 Å². The first-order valence-electron chi connectivity index (χ1n) is 8.10. The Hall–Kier alpha value is -1.91. The highest BCUT2D eigenvalue weighted by Gasteiger charge is 2.21. The summed E-state index contributed by atoms with van der Waals surface area (Å²) in [5.41, 5.74) is 1.96. The van der Waals surface area contributed by atoms with E-state index in [2.05, 4.69) is 4.90 Å². The van der Waals surface area contributed by atoms with Crippen molar-refractivity contribution in [2.45, 2.75) is 13.0 Å². The number of amides is 1. The predicted molar refractivity (Wildman–Crippen MR) is 93.4 cm³/mol. The number of benzene rings is 2. The van der Waals surface area contributed by atoms with E-state index in [0.29, 0.717) is 19.5 Å². The van der Waals surface area contributed by atoms with E-state index in [4.69, 9.17) is 11.6 Å². The molecule has 0 bridgehead atoms. The number of carbonyl (C=O) groups excluding carboxylic acids is 1. The molecule has 0 aliphatic carbocycles. The number of carbonyl (C=O) groups is 1. The molecule has 1 heterocycles. The first-order chi connectivity index (χ1) is 11.6. The highest BCUT2D eigenvalue weighted by Crippen LogP contribution is 2.18. The van der Waals surface area contributed by atoms with Gasteiger partial charge in [0.15, 0.2) is 0 Å². The summed E-state index contributed by atoms with van der Waals surface area (Å²) in [7, 11) is 0. The predicted octanol–water partition coefficient (Wildman–Crippen LogP) is 3.37. The molecule has 126 valence electrons. The van der Waals surface area contributed by atoms with Crippen molar-refractivity contribution < 1.29 is 9.18 Å². The van der Waals surface area contributed by atoms with Crippen LogP contribution in [-0.2, 0) is 17.8 Å². The van der Waals surface area contributed by atoms with E-state index in [1.54, 1.807) is 12.1 Å². The van der Waals surface area contributed by atoms with Crippen LogP contribution in [0, 0.1) is 5.82 Å². The Kier molecular flexibility index (Phi) is 5.48. The SMILES string of the molecule is O=C(Cc1ccc(F)cc1)N1CCN(Cc2ccccc2Cl)CC1. The largest absolute Gasteiger partial charge is 0.340 e. The van der Waals surface area contributed by atoms with Gasteiger partial charge in [0.05, 0.1) is 6.42 Å². The van der Waals surface area contributed by atoms with E-state index >= 15 is 0 Å². The van der Waals surface area contributed by atoms with Gasteiger partial charge in [0, 0.05) is 37.7 Å². The van der Waals surface area contributed by atoms with Gasteiger partial charge in [-0.2, -0.15) is 0 Å². The van der Waals surface area contributed by atoms with E-state index in [1.165, 1.54) is 12.1 Å². The minimum atomic E-state index is -0.278. The lowest BCUT2D eigenvalue weighted by Gasteiger charge is -2.35. The van der Waals surface area contributed by atoms with Crippen LogP contribution in [0.4, 0.5) is 4.39 Å². The van der Waals surface area contributed by atoms with Crippen LogP contribution in [0.15, 0.2) is 48.5 Å². The monoisotopic (exact) mass is 346 g/mol. The first-order valence-corrected chi connectivity index (χ1v) is 8.47. The quantitative estimate of drug-likeness (QED) is 0.847. The fourth-order valence-corrected chi connectivity index (χ4v) is 3.11. The molecule has 2 aromatic carbocycles. The van der Waals surface area contributed by atoms with Crippen LogP contribution in [0.25, 0.3) is 0 Å². The van der Waals surface area contributed by atoms with Crippen molar-refractivity contribution in [3.8, 4) is 0 Å². The molecule has 1 aliphatic rings.